The first-order valence-electron chi connectivity index (χ1n) is 10.8. The molecule has 2 N–H and O–H groups in total. The monoisotopic (exact) mass is 463 g/mol. The van der Waals surface area contributed by atoms with Crippen LogP contribution in [0.5, 0.6) is 17.2 Å². The first-order chi connectivity index (χ1) is 16.1. The summed E-state index contributed by atoms with van der Waals surface area (Å²) >= 11 is 1.63. The van der Waals surface area contributed by atoms with Crippen LogP contribution in [0.2, 0.25) is 0 Å². The molecule has 7 nitrogen and oxygen atoms in total. The molecule has 2 aromatic heterocycles. The number of aromatic nitrogens is 2. The third-order valence-electron chi connectivity index (χ3n) is 5.97. The lowest BCUT2D eigenvalue weighted by molar-refractivity contribution is 0.102. The zero-order chi connectivity index (χ0) is 22.9. The van der Waals surface area contributed by atoms with Crippen LogP contribution in [-0.4, -0.2) is 37.2 Å². The Morgan fingerprint density at radius 2 is 1.73 bits per heavy atom. The minimum atomic E-state index is -0.274. The lowest BCUT2D eigenvalue weighted by Crippen LogP contribution is -2.13. The zero-order valence-corrected chi connectivity index (χ0v) is 19.6. The van der Waals surface area contributed by atoms with Crippen molar-refractivity contribution in [2.24, 2.45) is 0 Å². The Morgan fingerprint density at radius 3 is 2.48 bits per heavy atom. The second-order valence-corrected chi connectivity index (χ2v) is 8.98. The molecule has 5 rings (SSSR count). The topological polar surface area (TPSA) is 85.5 Å². The van der Waals surface area contributed by atoms with Crippen molar-refractivity contribution in [1.82, 2.24) is 9.97 Å². The van der Waals surface area contributed by atoms with Crippen molar-refractivity contribution in [3.05, 3.63) is 52.4 Å². The fraction of sp³-hybridized carbons (Fsp3) is 0.280. The van der Waals surface area contributed by atoms with Crippen LogP contribution in [-0.2, 0) is 12.8 Å². The SMILES string of the molecule is COc1cc(OC)c(C(=O)Nc2sc3c(c2-c2nc4ccccc4[nH]2)CCCC3)cc1OC. The number of amides is 1. The van der Waals surface area contributed by atoms with Gasteiger partial charge in [-0.05, 0) is 43.4 Å². The summed E-state index contributed by atoms with van der Waals surface area (Å²) in [7, 11) is 4.62. The van der Waals surface area contributed by atoms with Gasteiger partial charge < -0.3 is 24.5 Å². The Kier molecular flexibility index (Phi) is 5.68. The molecule has 8 heteroatoms. The number of fused-ring (bicyclic) bond motifs is 2. The largest absolute Gasteiger partial charge is 0.496 e. The van der Waals surface area contributed by atoms with E-state index in [4.69, 9.17) is 19.2 Å². The number of anilines is 1. The van der Waals surface area contributed by atoms with Gasteiger partial charge in [0.25, 0.3) is 5.91 Å². The zero-order valence-electron chi connectivity index (χ0n) is 18.8. The molecule has 0 atom stereocenters. The van der Waals surface area contributed by atoms with Crippen LogP contribution in [0.15, 0.2) is 36.4 Å². The minimum Gasteiger partial charge on any atom is -0.496 e. The molecule has 2 heterocycles. The molecule has 1 amide bonds. The number of benzene rings is 2. The van der Waals surface area contributed by atoms with Crippen molar-refractivity contribution in [2.75, 3.05) is 26.6 Å². The molecular formula is C25H25N3O4S. The van der Waals surface area contributed by atoms with Gasteiger partial charge in [-0.2, -0.15) is 0 Å². The van der Waals surface area contributed by atoms with E-state index in [-0.39, 0.29) is 5.91 Å². The third kappa shape index (κ3) is 3.80. The van der Waals surface area contributed by atoms with Gasteiger partial charge in [0, 0.05) is 17.0 Å². The van der Waals surface area contributed by atoms with Gasteiger partial charge in [0.15, 0.2) is 11.5 Å². The molecule has 1 aliphatic carbocycles. The van der Waals surface area contributed by atoms with Crippen molar-refractivity contribution >= 4 is 33.3 Å². The first-order valence-corrected chi connectivity index (χ1v) is 11.7. The number of imidazole rings is 1. The summed E-state index contributed by atoms with van der Waals surface area (Å²) < 4.78 is 16.2. The molecule has 0 radical (unpaired) electrons. The maximum absolute atomic E-state index is 13.4. The van der Waals surface area contributed by atoms with Gasteiger partial charge in [0.05, 0.1) is 43.5 Å². The van der Waals surface area contributed by atoms with Gasteiger partial charge in [-0.3, -0.25) is 4.79 Å². The highest BCUT2D eigenvalue weighted by atomic mass is 32.1. The van der Waals surface area contributed by atoms with Crippen LogP contribution in [0.1, 0.15) is 33.6 Å². The quantitative estimate of drug-likeness (QED) is 0.397. The van der Waals surface area contributed by atoms with E-state index in [0.717, 1.165) is 53.1 Å². The van der Waals surface area contributed by atoms with E-state index < -0.39 is 0 Å². The van der Waals surface area contributed by atoms with E-state index in [2.05, 4.69) is 10.3 Å². The molecule has 0 aliphatic heterocycles. The fourth-order valence-corrected chi connectivity index (χ4v) is 5.64. The Balaban J connectivity index is 1.58. The number of hydrogen-bond acceptors (Lipinski definition) is 6. The average Bonchev–Trinajstić information content (AvgIpc) is 3.43. The summed E-state index contributed by atoms with van der Waals surface area (Å²) in [6, 6.07) is 11.3. The number of nitrogens with zero attached hydrogens (tertiary/aromatic N) is 1. The van der Waals surface area contributed by atoms with Crippen LogP contribution < -0.4 is 19.5 Å². The Morgan fingerprint density at radius 1 is 1.00 bits per heavy atom. The lowest BCUT2D eigenvalue weighted by atomic mass is 9.95. The second kappa shape index (κ2) is 8.78. The number of aryl methyl sites for hydroxylation is 1. The summed E-state index contributed by atoms with van der Waals surface area (Å²) in [4.78, 5) is 23.0. The first kappa shape index (κ1) is 21.3. The van der Waals surface area contributed by atoms with Crippen LogP contribution in [0.4, 0.5) is 5.00 Å². The van der Waals surface area contributed by atoms with E-state index in [1.165, 1.54) is 17.6 Å². The van der Waals surface area contributed by atoms with Gasteiger partial charge in [0.1, 0.15) is 16.6 Å². The number of H-pyrrole nitrogens is 1. The molecule has 1 aliphatic rings. The van der Waals surface area contributed by atoms with E-state index in [1.54, 1.807) is 37.7 Å². The maximum atomic E-state index is 13.4. The molecule has 170 valence electrons. The molecule has 4 aromatic rings. The predicted octanol–water partition coefficient (Wildman–Crippen LogP) is 5.45. The standard InChI is InChI=1S/C25H25N3O4S/c1-30-18-13-20(32-3)19(31-2)12-15(18)24(29)28-25-22(14-8-4-7-11-21(14)33-25)23-26-16-9-5-6-10-17(16)27-23/h5-6,9-10,12-13H,4,7-8,11H2,1-3H3,(H,26,27)(H,28,29). The van der Waals surface area contributed by atoms with E-state index in [9.17, 15) is 4.79 Å². The van der Waals surface area contributed by atoms with Gasteiger partial charge in [-0.1, -0.05) is 12.1 Å². The van der Waals surface area contributed by atoms with Crippen molar-refractivity contribution in [1.29, 1.82) is 0 Å². The van der Waals surface area contributed by atoms with Crippen LogP contribution in [0.3, 0.4) is 0 Å². The van der Waals surface area contributed by atoms with Gasteiger partial charge in [-0.15, -0.1) is 11.3 Å². The number of carbonyl (C=O) groups is 1. The number of ether oxygens (including phenoxy) is 3. The van der Waals surface area contributed by atoms with E-state index >= 15 is 0 Å². The highest BCUT2D eigenvalue weighted by molar-refractivity contribution is 7.17. The molecule has 0 saturated heterocycles. The number of nitrogens with one attached hydrogen (secondary N) is 2. The van der Waals surface area contributed by atoms with Gasteiger partial charge in [-0.25, -0.2) is 4.98 Å². The van der Waals surface area contributed by atoms with Crippen molar-refractivity contribution in [2.45, 2.75) is 25.7 Å². The predicted molar refractivity (Wildman–Crippen MR) is 130 cm³/mol. The van der Waals surface area contributed by atoms with Crippen LogP contribution in [0.25, 0.3) is 22.4 Å². The smallest absolute Gasteiger partial charge is 0.260 e. The van der Waals surface area contributed by atoms with Crippen molar-refractivity contribution in [3.8, 4) is 28.6 Å². The number of para-hydroxylation sites is 2. The minimum absolute atomic E-state index is 0.274. The Hall–Kier alpha value is -3.52. The number of aromatic amines is 1. The highest BCUT2D eigenvalue weighted by Crippen LogP contribution is 2.44. The summed E-state index contributed by atoms with van der Waals surface area (Å²) in [6.45, 7) is 0. The molecule has 0 fully saturated rings. The average molecular weight is 464 g/mol. The summed E-state index contributed by atoms with van der Waals surface area (Å²) in [5.74, 6) is 1.89. The number of thiophene rings is 1. The normalized spacial score (nSPS) is 12.9. The molecular weight excluding hydrogens is 438 g/mol. The highest BCUT2D eigenvalue weighted by Gasteiger charge is 2.26. The molecule has 0 saturated carbocycles. The van der Waals surface area contributed by atoms with Gasteiger partial charge >= 0.3 is 0 Å². The summed E-state index contributed by atoms with van der Waals surface area (Å²) in [5.41, 5.74) is 4.51. The van der Waals surface area contributed by atoms with E-state index in [0.29, 0.717) is 22.8 Å². The van der Waals surface area contributed by atoms with E-state index in [1.807, 2.05) is 24.3 Å². The number of hydrogen-bond donors (Lipinski definition) is 2. The Bertz CT molecular complexity index is 1310. The van der Waals surface area contributed by atoms with Crippen LogP contribution in [0, 0.1) is 0 Å². The summed E-state index contributed by atoms with van der Waals surface area (Å²) in [6.07, 6.45) is 4.29. The van der Waals surface area contributed by atoms with Crippen LogP contribution >= 0.6 is 11.3 Å². The Labute approximate surface area is 195 Å². The molecule has 0 spiro atoms. The second-order valence-electron chi connectivity index (χ2n) is 7.88. The lowest BCUT2D eigenvalue weighted by Gasteiger charge is -2.14. The number of rotatable bonds is 6. The van der Waals surface area contributed by atoms with Gasteiger partial charge in [0.2, 0.25) is 0 Å². The number of methoxy groups -OCH3 is 3. The fourth-order valence-electron chi connectivity index (χ4n) is 4.35. The maximum Gasteiger partial charge on any atom is 0.260 e. The number of carbonyl (C=O) groups excluding carboxylic acids is 1. The molecule has 0 unspecified atom stereocenters. The summed E-state index contributed by atoms with van der Waals surface area (Å²) in [5, 5.41) is 3.93. The molecule has 33 heavy (non-hydrogen) atoms. The molecule has 0 bridgehead atoms. The molecule has 2 aromatic carbocycles. The third-order valence-corrected chi connectivity index (χ3v) is 7.18. The van der Waals surface area contributed by atoms with Crippen molar-refractivity contribution in [3.63, 3.8) is 0 Å². The van der Waals surface area contributed by atoms with Crippen molar-refractivity contribution < 1.29 is 19.0 Å².